The van der Waals surface area contributed by atoms with E-state index in [9.17, 15) is 5.11 Å². The van der Waals surface area contributed by atoms with Crippen LogP contribution in [0.25, 0.3) is 11.0 Å². The molecule has 130 valence electrons. The predicted octanol–water partition coefficient (Wildman–Crippen LogP) is 4.26. The molecule has 0 fully saturated rings. The summed E-state index contributed by atoms with van der Waals surface area (Å²) in [7, 11) is 0. The number of benzene rings is 3. The fraction of sp³-hybridized carbons (Fsp3) is 0.182. The van der Waals surface area contributed by atoms with Gasteiger partial charge in [-0.3, -0.25) is 0 Å². The van der Waals surface area contributed by atoms with Crippen molar-refractivity contribution in [1.82, 2.24) is 15.0 Å². The van der Waals surface area contributed by atoms with Gasteiger partial charge in [0, 0.05) is 0 Å². The van der Waals surface area contributed by atoms with Gasteiger partial charge in [0.05, 0.1) is 11.6 Å². The molecule has 26 heavy (non-hydrogen) atoms. The van der Waals surface area contributed by atoms with Crippen molar-refractivity contribution in [1.29, 1.82) is 0 Å². The van der Waals surface area contributed by atoms with E-state index in [1.54, 1.807) is 0 Å². The normalized spacial score (nSPS) is 13.6. The summed E-state index contributed by atoms with van der Waals surface area (Å²) in [5, 5.41) is 19.8. The Morgan fingerprint density at radius 3 is 2.35 bits per heavy atom. The molecule has 4 rings (SSSR count). The van der Waals surface area contributed by atoms with Gasteiger partial charge in [-0.25, -0.2) is 4.68 Å². The number of fused-ring (bicyclic) bond motifs is 1. The lowest BCUT2D eigenvalue weighted by Crippen LogP contribution is -2.21. The first-order valence-corrected chi connectivity index (χ1v) is 8.81. The highest BCUT2D eigenvalue weighted by Crippen LogP contribution is 2.31. The first kappa shape index (κ1) is 16.5. The summed E-state index contributed by atoms with van der Waals surface area (Å²) in [6.45, 7) is 2.04. The highest BCUT2D eigenvalue weighted by molar-refractivity contribution is 5.74. The fourth-order valence-corrected chi connectivity index (χ4v) is 3.31. The van der Waals surface area contributed by atoms with E-state index < -0.39 is 6.10 Å². The van der Waals surface area contributed by atoms with Crippen LogP contribution in [-0.4, -0.2) is 20.1 Å². The van der Waals surface area contributed by atoms with E-state index >= 15 is 0 Å². The Balaban J connectivity index is 1.77. The van der Waals surface area contributed by atoms with Crippen molar-refractivity contribution in [2.24, 2.45) is 0 Å². The number of nitrogens with zero attached hydrogens (tertiary/aromatic N) is 3. The maximum atomic E-state index is 11.2. The van der Waals surface area contributed by atoms with E-state index in [1.165, 1.54) is 5.56 Å². The summed E-state index contributed by atoms with van der Waals surface area (Å²) in [4.78, 5) is 0. The molecule has 0 bridgehead atoms. The molecule has 2 atom stereocenters. The van der Waals surface area contributed by atoms with Gasteiger partial charge in [-0.1, -0.05) is 77.5 Å². The molecule has 0 saturated carbocycles. The average molecular weight is 343 g/mol. The van der Waals surface area contributed by atoms with Crippen molar-refractivity contribution in [3.8, 4) is 0 Å². The van der Waals surface area contributed by atoms with Crippen LogP contribution in [0, 0.1) is 6.92 Å². The van der Waals surface area contributed by atoms with Crippen molar-refractivity contribution >= 4 is 11.0 Å². The lowest BCUT2D eigenvalue weighted by molar-refractivity contribution is 0.107. The molecule has 0 aliphatic rings. The third-order valence-electron chi connectivity index (χ3n) is 4.76. The third kappa shape index (κ3) is 3.24. The minimum atomic E-state index is -0.680. The number of aryl methyl sites for hydroxylation is 1. The van der Waals surface area contributed by atoms with Crippen molar-refractivity contribution in [2.75, 3.05) is 0 Å². The van der Waals surface area contributed by atoms with Crippen LogP contribution in [0.3, 0.4) is 0 Å². The highest BCUT2D eigenvalue weighted by atomic mass is 16.3. The van der Waals surface area contributed by atoms with Gasteiger partial charge < -0.3 is 5.11 Å². The summed E-state index contributed by atoms with van der Waals surface area (Å²) < 4.78 is 1.85. The highest BCUT2D eigenvalue weighted by Gasteiger charge is 2.25. The molecule has 4 heteroatoms. The lowest BCUT2D eigenvalue weighted by atomic mass is 9.95. The molecule has 0 saturated heterocycles. The Bertz CT molecular complexity index is 993. The maximum absolute atomic E-state index is 11.2. The number of aliphatic hydroxyl groups excluding tert-OH is 1. The first-order valence-electron chi connectivity index (χ1n) is 8.81. The van der Waals surface area contributed by atoms with Crippen LogP contribution in [0.2, 0.25) is 0 Å². The average Bonchev–Trinajstić information content (AvgIpc) is 3.11. The molecule has 0 radical (unpaired) electrons. The van der Waals surface area contributed by atoms with E-state index in [1.807, 2.05) is 78.3 Å². The zero-order valence-electron chi connectivity index (χ0n) is 14.7. The van der Waals surface area contributed by atoms with Gasteiger partial charge in [0.1, 0.15) is 11.6 Å². The van der Waals surface area contributed by atoms with Crippen molar-refractivity contribution in [3.63, 3.8) is 0 Å². The molecule has 4 aromatic rings. The van der Waals surface area contributed by atoms with Gasteiger partial charge in [-0.2, -0.15) is 0 Å². The molecule has 0 amide bonds. The second-order valence-electron chi connectivity index (χ2n) is 6.64. The molecule has 2 unspecified atom stereocenters. The van der Waals surface area contributed by atoms with E-state index in [2.05, 4.69) is 22.4 Å². The number of aromatic nitrogens is 3. The van der Waals surface area contributed by atoms with Crippen LogP contribution >= 0.6 is 0 Å². The second-order valence-corrected chi connectivity index (χ2v) is 6.64. The fourth-order valence-electron chi connectivity index (χ4n) is 3.31. The summed E-state index contributed by atoms with van der Waals surface area (Å²) in [6, 6.07) is 25.8. The number of hydrogen-bond donors (Lipinski definition) is 1. The molecule has 4 nitrogen and oxygen atoms in total. The first-order chi connectivity index (χ1) is 12.7. The maximum Gasteiger partial charge on any atom is 0.113 e. The molecule has 0 spiro atoms. The van der Waals surface area contributed by atoms with Crippen molar-refractivity contribution < 1.29 is 5.11 Å². The van der Waals surface area contributed by atoms with Crippen LogP contribution < -0.4 is 0 Å². The van der Waals surface area contributed by atoms with Gasteiger partial charge >= 0.3 is 0 Å². The van der Waals surface area contributed by atoms with E-state index in [4.69, 9.17) is 0 Å². The third-order valence-corrected chi connectivity index (χ3v) is 4.76. The molecule has 0 aliphatic carbocycles. The minimum absolute atomic E-state index is 0.243. The van der Waals surface area contributed by atoms with E-state index in [-0.39, 0.29) is 6.04 Å². The molecule has 1 heterocycles. The molecule has 1 N–H and O–H groups in total. The Morgan fingerprint density at radius 1 is 0.885 bits per heavy atom. The summed E-state index contributed by atoms with van der Waals surface area (Å²) in [5.74, 6) is 0. The SMILES string of the molecule is Cc1ccc(C(O)C(Cc2ccccc2)n2nnc3ccccc32)cc1. The van der Waals surface area contributed by atoms with Gasteiger partial charge in [-0.05, 0) is 36.6 Å². The number of para-hydroxylation sites is 1. The Hall–Kier alpha value is -2.98. The molecular formula is C22H21N3O. The summed E-state index contributed by atoms with van der Waals surface area (Å²) in [6.07, 6.45) is -0.00983. The smallest absolute Gasteiger partial charge is 0.113 e. The lowest BCUT2D eigenvalue weighted by Gasteiger charge is -2.24. The Morgan fingerprint density at radius 2 is 1.58 bits per heavy atom. The Kier molecular flexibility index (Phi) is 4.50. The van der Waals surface area contributed by atoms with E-state index in [0.717, 1.165) is 22.2 Å². The zero-order valence-corrected chi connectivity index (χ0v) is 14.7. The molecule has 3 aromatic carbocycles. The summed E-state index contributed by atoms with van der Waals surface area (Å²) in [5.41, 5.74) is 4.98. The van der Waals surface area contributed by atoms with Crippen LogP contribution in [0.5, 0.6) is 0 Å². The predicted molar refractivity (Wildman–Crippen MR) is 103 cm³/mol. The van der Waals surface area contributed by atoms with Crippen LogP contribution in [0.4, 0.5) is 0 Å². The van der Waals surface area contributed by atoms with Gasteiger partial charge in [0.2, 0.25) is 0 Å². The number of rotatable bonds is 5. The summed E-state index contributed by atoms with van der Waals surface area (Å²) >= 11 is 0. The van der Waals surface area contributed by atoms with Gasteiger partial charge in [0.25, 0.3) is 0 Å². The topological polar surface area (TPSA) is 50.9 Å². The Labute approximate surface area is 152 Å². The molecule has 0 aliphatic heterocycles. The molecular weight excluding hydrogens is 322 g/mol. The zero-order chi connectivity index (χ0) is 17.9. The van der Waals surface area contributed by atoms with Crippen LogP contribution in [0.15, 0.2) is 78.9 Å². The molecule has 1 aromatic heterocycles. The monoisotopic (exact) mass is 343 g/mol. The van der Waals surface area contributed by atoms with Gasteiger partial charge in [-0.15, -0.1) is 5.10 Å². The largest absolute Gasteiger partial charge is 0.386 e. The van der Waals surface area contributed by atoms with Crippen molar-refractivity contribution in [3.05, 3.63) is 95.6 Å². The van der Waals surface area contributed by atoms with Crippen molar-refractivity contribution in [2.45, 2.75) is 25.5 Å². The van der Waals surface area contributed by atoms with Gasteiger partial charge in [0.15, 0.2) is 0 Å². The van der Waals surface area contributed by atoms with Crippen LogP contribution in [0.1, 0.15) is 28.8 Å². The van der Waals surface area contributed by atoms with E-state index in [0.29, 0.717) is 6.42 Å². The quantitative estimate of drug-likeness (QED) is 0.589. The minimum Gasteiger partial charge on any atom is -0.386 e. The van der Waals surface area contributed by atoms with Crippen LogP contribution in [-0.2, 0) is 6.42 Å². The standard InChI is InChI=1S/C22H21N3O/c1-16-11-13-18(14-12-16)22(26)21(15-17-7-3-2-4-8-17)25-20-10-6-5-9-19(20)23-24-25/h2-14,21-22,26H,15H2,1H3. The second kappa shape index (κ2) is 7.10. The number of aliphatic hydroxyl groups is 1. The number of hydrogen-bond acceptors (Lipinski definition) is 3.